The summed E-state index contributed by atoms with van der Waals surface area (Å²) < 4.78 is 11.5. The third-order valence-corrected chi connectivity index (χ3v) is 4.31. The van der Waals surface area contributed by atoms with Crippen molar-refractivity contribution in [1.29, 1.82) is 0 Å². The van der Waals surface area contributed by atoms with Gasteiger partial charge in [0.05, 0.1) is 26.8 Å². The number of para-hydroxylation sites is 1. The Morgan fingerprint density at radius 2 is 1.58 bits per heavy atom. The predicted octanol–water partition coefficient (Wildman–Crippen LogP) is 4.30. The molecule has 1 aromatic heterocycles. The van der Waals surface area contributed by atoms with Gasteiger partial charge in [-0.15, -0.1) is 0 Å². The van der Waals surface area contributed by atoms with Crippen LogP contribution in [0.3, 0.4) is 0 Å². The summed E-state index contributed by atoms with van der Waals surface area (Å²) in [5, 5.41) is 10.2. The Labute approximate surface area is 160 Å². The molecule has 7 heteroatoms. The second-order valence-corrected chi connectivity index (χ2v) is 6.36. The van der Waals surface area contributed by atoms with Crippen molar-refractivity contribution in [2.75, 3.05) is 19.1 Å². The Balaban J connectivity index is 2.08. The van der Waals surface area contributed by atoms with Crippen molar-refractivity contribution in [2.24, 2.45) is 0 Å². The highest BCUT2D eigenvalue weighted by molar-refractivity contribution is 9.10. The molecule has 3 aromatic rings. The van der Waals surface area contributed by atoms with Crippen molar-refractivity contribution in [3.8, 4) is 17.5 Å². The second kappa shape index (κ2) is 8.05. The number of phenolic OH excluding ortho intramolecular Hbond substituents is 1. The number of rotatable bonds is 6. The first-order valence-electron chi connectivity index (χ1n) is 7.87. The van der Waals surface area contributed by atoms with Crippen LogP contribution in [0.2, 0.25) is 0 Å². The Morgan fingerprint density at radius 1 is 0.962 bits per heavy atom. The van der Waals surface area contributed by atoms with Crippen molar-refractivity contribution < 1.29 is 14.6 Å². The molecule has 0 amide bonds. The van der Waals surface area contributed by atoms with Gasteiger partial charge in [0.25, 0.3) is 0 Å². The van der Waals surface area contributed by atoms with Gasteiger partial charge in [-0.2, -0.15) is 9.97 Å². The van der Waals surface area contributed by atoms with E-state index in [0.29, 0.717) is 24.3 Å². The van der Waals surface area contributed by atoms with E-state index in [-0.39, 0.29) is 5.75 Å². The molecule has 2 aromatic carbocycles. The van der Waals surface area contributed by atoms with Crippen molar-refractivity contribution >= 4 is 27.6 Å². The molecule has 0 aliphatic carbocycles. The van der Waals surface area contributed by atoms with Gasteiger partial charge in [0.2, 0.25) is 17.7 Å². The number of aromatic hydroxyl groups is 1. The van der Waals surface area contributed by atoms with Gasteiger partial charge in [-0.1, -0.05) is 34.1 Å². The quantitative estimate of drug-likeness (QED) is 0.647. The zero-order valence-corrected chi connectivity index (χ0v) is 16.0. The minimum Gasteiger partial charge on any atom is -0.508 e. The van der Waals surface area contributed by atoms with Crippen molar-refractivity contribution in [2.45, 2.75) is 6.54 Å². The lowest BCUT2D eigenvalue weighted by atomic mass is 10.1. The average molecular weight is 416 g/mol. The van der Waals surface area contributed by atoms with Crippen LogP contribution < -0.4 is 14.4 Å². The standard InChI is InChI=1S/C19H18BrN3O3/c1-25-17-11-18(26-2)22-19(21-17)23(15-9-7-14(20)8-10-15)12-13-5-3-4-6-16(13)24/h3-11,24H,12H2,1-2H3. The van der Waals surface area contributed by atoms with Crippen molar-refractivity contribution in [1.82, 2.24) is 9.97 Å². The molecule has 0 fully saturated rings. The van der Waals surface area contributed by atoms with Gasteiger partial charge in [-0.25, -0.2) is 0 Å². The molecule has 26 heavy (non-hydrogen) atoms. The summed E-state index contributed by atoms with van der Waals surface area (Å²) in [5.74, 6) is 1.41. The molecule has 0 saturated carbocycles. The maximum Gasteiger partial charge on any atom is 0.236 e. The van der Waals surface area contributed by atoms with Crippen molar-refractivity contribution in [3.05, 3.63) is 64.6 Å². The van der Waals surface area contributed by atoms with Crippen LogP contribution in [-0.2, 0) is 6.54 Å². The van der Waals surface area contributed by atoms with Gasteiger partial charge >= 0.3 is 0 Å². The fraction of sp³-hybridized carbons (Fsp3) is 0.158. The molecular formula is C19H18BrN3O3. The molecular weight excluding hydrogens is 398 g/mol. The van der Waals surface area contributed by atoms with E-state index in [2.05, 4.69) is 25.9 Å². The van der Waals surface area contributed by atoms with Gasteiger partial charge in [0.15, 0.2) is 0 Å². The zero-order valence-electron chi connectivity index (χ0n) is 14.4. The number of halogens is 1. The van der Waals surface area contributed by atoms with E-state index in [9.17, 15) is 5.11 Å². The molecule has 1 heterocycles. The fourth-order valence-electron chi connectivity index (χ4n) is 2.44. The molecule has 134 valence electrons. The molecule has 0 atom stereocenters. The van der Waals surface area contributed by atoms with E-state index in [1.54, 1.807) is 32.4 Å². The SMILES string of the molecule is COc1cc(OC)nc(N(Cc2ccccc2O)c2ccc(Br)cc2)n1. The molecule has 3 rings (SSSR count). The zero-order chi connectivity index (χ0) is 18.5. The van der Waals surface area contributed by atoms with Crippen LogP contribution in [0.15, 0.2) is 59.1 Å². The van der Waals surface area contributed by atoms with Crippen LogP contribution in [-0.4, -0.2) is 29.3 Å². The van der Waals surface area contributed by atoms with Gasteiger partial charge in [-0.3, -0.25) is 0 Å². The average Bonchev–Trinajstić information content (AvgIpc) is 2.67. The monoisotopic (exact) mass is 415 g/mol. The van der Waals surface area contributed by atoms with Crippen LogP contribution in [0.1, 0.15) is 5.56 Å². The summed E-state index contributed by atoms with van der Waals surface area (Å²) in [4.78, 5) is 10.8. The summed E-state index contributed by atoms with van der Waals surface area (Å²) >= 11 is 3.45. The first-order valence-corrected chi connectivity index (χ1v) is 8.67. The van der Waals surface area contributed by atoms with E-state index in [1.165, 1.54) is 0 Å². The number of phenols is 1. The Bertz CT molecular complexity index is 865. The lowest BCUT2D eigenvalue weighted by molar-refractivity contribution is 0.372. The second-order valence-electron chi connectivity index (χ2n) is 5.44. The normalized spacial score (nSPS) is 10.4. The minimum atomic E-state index is 0.212. The first-order chi connectivity index (χ1) is 12.6. The highest BCUT2D eigenvalue weighted by atomic mass is 79.9. The summed E-state index contributed by atoms with van der Waals surface area (Å²) in [7, 11) is 3.08. The maximum atomic E-state index is 10.2. The lowest BCUT2D eigenvalue weighted by Crippen LogP contribution is -2.19. The smallest absolute Gasteiger partial charge is 0.236 e. The topological polar surface area (TPSA) is 67.7 Å². The number of aromatic nitrogens is 2. The lowest BCUT2D eigenvalue weighted by Gasteiger charge is -2.24. The number of hydrogen-bond donors (Lipinski definition) is 1. The van der Waals surface area contributed by atoms with E-state index in [4.69, 9.17) is 9.47 Å². The molecule has 0 saturated heterocycles. The minimum absolute atomic E-state index is 0.212. The van der Waals surface area contributed by atoms with Crippen LogP contribution in [0.5, 0.6) is 17.5 Å². The van der Waals surface area contributed by atoms with Gasteiger partial charge in [-0.05, 0) is 30.3 Å². The highest BCUT2D eigenvalue weighted by Gasteiger charge is 2.17. The van der Waals surface area contributed by atoms with Gasteiger partial charge in [0, 0.05) is 15.7 Å². The Hall–Kier alpha value is -2.80. The van der Waals surface area contributed by atoms with Crippen LogP contribution in [0, 0.1) is 0 Å². The largest absolute Gasteiger partial charge is 0.508 e. The highest BCUT2D eigenvalue weighted by Crippen LogP contribution is 2.31. The summed E-state index contributed by atoms with van der Waals surface area (Å²) in [6, 6.07) is 16.5. The molecule has 1 N–H and O–H groups in total. The Kier molecular flexibility index (Phi) is 5.58. The molecule has 0 aliphatic rings. The third-order valence-electron chi connectivity index (χ3n) is 3.79. The first kappa shape index (κ1) is 18.0. The van der Waals surface area contributed by atoms with E-state index >= 15 is 0 Å². The molecule has 0 radical (unpaired) electrons. The van der Waals surface area contributed by atoms with Crippen LogP contribution in [0.4, 0.5) is 11.6 Å². The number of ether oxygens (including phenoxy) is 2. The molecule has 0 aliphatic heterocycles. The predicted molar refractivity (Wildman–Crippen MR) is 103 cm³/mol. The molecule has 0 bridgehead atoms. The van der Waals surface area contributed by atoms with E-state index in [1.807, 2.05) is 41.3 Å². The van der Waals surface area contributed by atoms with Crippen LogP contribution in [0.25, 0.3) is 0 Å². The number of methoxy groups -OCH3 is 2. The summed E-state index contributed by atoms with van der Waals surface area (Å²) in [6.45, 7) is 0.380. The van der Waals surface area contributed by atoms with E-state index in [0.717, 1.165) is 15.7 Å². The molecule has 6 nitrogen and oxygen atoms in total. The third kappa shape index (κ3) is 4.05. The van der Waals surface area contributed by atoms with Gasteiger partial charge < -0.3 is 19.5 Å². The van der Waals surface area contributed by atoms with Crippen molar-refractivity contribution in [3.63, 3.8) is 0 Å². The molecule has 0 spiro atoms. The Morgan fingerprint density at radius 3 is 2.15 bits per heavy atom. The molecule has 0 unspecified atom stereocenters. The summed E-state index contributed by atoms with van der Waals surface area (Å²) in [6.07, 6.45) is 0. The van der Waals surface area contributed by atoms with Gasteiger partial charge in [0.1, 0.15) is 5.75 Å². The van der Waals surface area contributed by atoms with Crippen LogP contribution >= 0.6 is 15.9 Å². The maximum absolute atomic E-state index is 10.2. The fourth-order valence-corrected chi connectivity index (χ4v) is 2.70. The number of hydrogen-bond acceptors (Lipinski definition) is 6. The number of benzene rings is 2. The number of nitrogens with zero attached hydrogens (tertiary/aromatic N) is 3. The summed E-state index contributed by atoms with van der Waals surface area (Å²) in [5.41, 5.74) is 1.62. The number of anilines is 2. The van der Waals surface area contributed by atoms with E-state index < -0.39 is 0 Å².